The molecule has 0 saturated carbocycles. The van der Waals surface area contributed by atoms with E-state index in [0.717, 1.165) is 88.9 Å². The van der Waals surface area contributed by atoms with Crippen LogP contribution in [0.1, 0.15) is 165 Å². The maximum atomic E-state index is 13.7. The Hall–Kier alpha value is -12.1. The number of methoxy groups -OCH3 is 6. The first kappa shape index (κ1) is 77.5. The second-order valence-corrected chi connectivity index (χ2v) is 27.0. The molecule has 24 heteroatoms. The van der Waals surface area contributed by atoms with Crippen LogP contribution in [-0.2, 0) is 90.4 Å². The molecule has 4 atom stereocenters. The van der Waals surface area contributed by atoms with Crippen LogP contribution in [0.2, 0.25) is 0 Å². The zero-order valence-corrected chi connectivity index (χ0v) is 61.7. The van der Waals surface area contributed by atoms with E-state index in [1.807, 2.05) is 104 Å². The molecule has 10 heterocycles. The quantitative estimate of drug-likeness (QED) is 0.0344. The predicted molar refractivity (Wildman–Crippen MR) is 411 cm³/mol. The molecule has 0 fully saturated rings. The molecule has 0 amide bonds. The average molecular weight is 1460 g/mol. The Kier molecular flexibility index (Phi) is 22.4. The molecule has 24 nitrogen and oxygen atoms in total. The van der Waals surface area contributed by atoms with Gasteiger partial charge >= 0.3 is 47.8 Å². The first-order chi connectivity index (χ1) is 50.5. The summed E-state index contributed by atoms with van der Waals surface area (Å²) in [6.45, 7) is 23.6. The fourth-order valence-electron chi connectivity index (χ4n) is 15.4. The minimum atomic E-state index is -1.18. The van der Waals surface area contributed by atoms with Crippen molar-refractivity contribution in [2.45, 2.75) is 125 Å². The lowest BCUT2D eigenvalue weighted by Gasteiger charge is -2.36. The van der Waals surface area contributed by atoms with Crippen molar-refractivity contribution in [3.63, 3.8) is 0 Å². The van der Waals surface area contributed by atoms with Gasteiger partial charge in [0.2, 0.25) is 0 Å². The number of fused-ring (bicyclic) bond motifs is 22. The molecule has 6 N–H and O–H groups in total. The summed E-state index contributed by atoms with van der Waals surface area (Å²) in [5, 5.41) is 19.3. The second-order valence-electron chi connectivity index (χ2n) is 27.0. The van der Waals surface area contributed by atoms with Gasteiger partial charge in [-0.1, -0.05) is 57.0 Å². The van der Waals surface area contributed by atoms with Crippen LogP contribution in [0.15, 0.2) is 97.1 Å². The second kappa shape index (κ2) is 30.9. The summed E-state index contributed by atoms with van der Waals surface area (Å²) in [5.41, 5.74) is 19.8. The first-order valence-electron chi connectivity index (χ1n) is 34.4. The van der Waals surface area contributed by atoms with Crippen molar-refractivity contribution in [2.24, 2.45) is 11.8 Å². The fourth-order valence-corrected chi connectivity index (χ4v) is 15.4. The Balaban J connectivity index is 0.000000245. The molecule has 0 radical (unpaired) electrons. The van der Waals surface area contributed by atoms with E-state index in [1.54, 1.807) is 36.5 Å². The Bertz CT molecular complexity index is 5420. The highest BCUT2D eigenvalue weighted by molar-refractivity contribution is 6.04. The molecule has 6 aromatic heterocycles. The van der Waals surface area contributed by atoms with Gasteiger partial charge in [-0.3, -0.25) is 38.7 Å². The Labute approximate surface area is 619 Å². The number of H-pyrrole nitrogens is 4. The van der Waals surface area contributed by atoms with Gasteiger partial charge in [0.05, 0.1) is 110 Å². The van der Waals surface area contributed by atoms with Crippen molar-refractivity contribution >= 4 is 137 Å². The SMILES string of the molecule is C.C=Cc1c(C)c2cc3nc(cc4[nH]c(cc5nc(cc1[nH]2)C(C)=C5CCC(=O)O)c(CCC(=O)OC)c4C)[C@@]1(C)C3=CC=C(C(=O)OC)[C@H]1C(=O)OC.C=Cc1c(C)c2cc3nc(cc4[nH]c(cc5nc(cc1[nH]2)C(C)=C5CCC(=O)OC)c(CCC(=O)O)c4C)[C@@]1(C)C3=CC=C(C(=O)OC)[C@H]1C(=O)OC.[2HH]. The number of hydrogen-bond acceptors (Lipinski definition) is 18. The van der Waals surface area contributed by atoms with E-state index in [9.17, 15) is 48.6 Å². The van der Waals surface area contributed by atoms with E-state index in [0.29, 0.717) is 91.6 Å². The summed E-state index contributed by atoms with van der Waals surface area (Å²) in [5.74, 6) is -7.34. The minimum absolute atomic E-state index is 0. The zero-order chi connectivity index (χ0) is 76.7. The van der Waals surface area contributed by atoms with Gasteiger partial charge in [0.15, 0.2) is 0 Å². The number of esters is 6. The number of hydrogen-bond donors (Lipinski definition) is 6. The molecule has 4 aliphatic heterocycles. The number of carboxylic acids is 2. The van der Waals surface area contributed by atoms with Crippen LogP contribution >= 0.6 is 0 Å². The average Bonchev–Trinajstić information content (AvgIpc) is 1.53. The number of ether oxygens (including phenoxy) is 6. The van der Waals surface area contributed by atoms with Gasteiger partial charge in [0.25, 0.3) is 0 Å². The summed E-state index contributed by atoms with van der Waals surface area (Å²) in [7, 11) is 7.78. The summed E-state index contributed by atoms with van der Waals surface area (Å²) >= 11 is 0. The van der Waals surface area contributed by atoms with E-state index < -0.39 is 58.5 Å². The Morgan fingerprint density at radius 1 is 0.430 bits per heavy atom. The maximum absolute atomic E-state index is 13.7. The highest BCUT2D eigenvalue weighted by atomic mass is 16.5. The molecule has 0 spiro atoms. The molecule has 0 unspecified atom stereocenters. The van der Waals surface area contributed by atoms with Crippen LogP contribution in [0, 0.1) is 39.5 Å². The lowest BCUT2D eigenvalue weighted by Crippen LogP contribution is -2.42. The number of aromatic nitrogens is 8. The molecule has 0 saturated heterocycles. The lowest BCUT2D eigenvalue weighted by atomic mass is 9.64. The van der Waals surface area contributed by atoms with Gasteiger partial charge in [-0.25, -0.2) is 19.6 Å². The van der Waals surface area contributed by atoms with Crippen LogP contribution in [0.25, 0.3) is 89.7 Å². The normalized spacial score (nSPS) is 17.6. The third kappa shape index (κ3) is 14.0. The van der Waals surface area contributed by atoms with Crippen LogP contribution in [0.5, 0.6) is 0 Å². The summed E-state index contributed by atoms with van der Waals surface area (Å²) < 4.78 is 30.7. The molecular formula is C83H90N8O16. The molecule has 107 heavy (non-hydrogen) atoms. The number of carbonyl (C=O) groups is 8. The number of aliphatic carboxylic acids is 2. The van der Waals surface area contributed by atoms with Crippen molar-refractivity contribution in [1.29, 1.82) is 0 Å². The molecule has 2 aliphatic carbocycles. The highest BCUT2D eigenvalue weighted by Crippen LogP contribution is 2.54. The number of aromatic amines is 4. The van der Waals surface area contributed by atoms with Crippen molar-refractivity contribution in [2.75, 3.05) is 42.7 Å². The Morgan fingerprint density at radius 3 is 1.13 bits per heavy atom. The lowest BCUT2D eigenvalue weighted by molar-refractivity contribution is -0.149. The molecule has 6 aromatic rings. The van der Waals surface area contributed by atoms with Gasteiger partial charge in [-0.05, 0) is 196 Å². The summed E-state index contributed by atoms with van der Waals surface area (Å²) in [6, 6.07) is 15.2. The van der Waals surface area contributed by atoms with Crippen LogP contribution < -0.4 is 0 Å². The summed E-state index contributed by atoms with van der Waals surface area (Å²) in [4.78, 5) is 136. The molecule has 558 valence electrons. The summed E-state index contributed by atoms with van der Waals surface area (Å²) in [6.07, 6.45) is 11.6. The topological polar surface area (TPSA) is 347 Å². The highest BCUT2D eigenvalue weighted by Gasteiger charge is 2.55. The first-order valence-corrected chi connectivity index (χ1v) is 34.4. The van der Waals surface area contributed by atoms with E-state index in [4.69, 9.17) is 48.4 Å². The monoisotopic (exact) mass is 1460 g/mol. The van der Waals surface area contributed by atoms with E-state index in [2.05, 4.69) is 33.1 Å². The molecule has 6 aliphatic rings. The van der Waals surface area contributed by atoms with Gasteiger partial charge in [0, 0.05) is 82.4 Å². The van der Waals surface area contributed by atoms with Gasteiger partial charge in [-0.2, -0.15) is 0 Å². The third-order valence-corrected chi connectivity index (χ3v) is 21.4. The fraction of sp³-hybridized carbons (Fsp3) is 0.325. The van der Waals surface area contributed by atoms with Crippen LogP contribution in [0.4, 0.5) is 0 Å². The standard InChI is InChI=1S/2C41H42N4O8.CH4.H2/c1-9-23-20(2)29-17-34-27-13-10-26(39(49)52-7)38(40(50)53-8)41(27,5)35(45-34)19-30-22(4)24(11-14-36(46)47)32(44-30)18-33-25(12-15-37(48)51-6)21(3)28(43-33)16-31(23)42-29;1-9-23-20(2)29-17-34-27-13-10-26(39(49)52-7)38(40(50)53-8)41(27,5)35(45-34)19-30-22(4)25(12-15-37(48)51-6)33(44-30)18-32-24(11-14-36(46)47)21(3)28(43-32)16-31(23)42-29;;/h2*9-10,13,16-19,38,42,44H,1,11-12,14-15H2,2-8H3,(H,46,47);1H4;1H/t2*38-,41+;;/m00../s1/i;;;1+1. The Morgan fingerprint density at radius 2 is 0.766 bits per heavy atom. The van der Waals surface area contributed by atoms with E-state index in [1.165, 1.54) is 42.7 Å². The van der Waals surface area contributed by atoms with Crippen LogP contribution in [0.3, 0.4) is 0 Å². The number of nitrogens with zero attached hydrogens (tertiary/aromatic N) is 4. The van der Waals surface area contributed by atoms with Crippen molar-refractivity contribution in [1.82, 2.24) is 39.9 Å². The zero-order valence-electron chi connectivity index (χ0n) is 61.7. The predicted octanol–water partition coefficient (Wildman–Crippen LogP) is 14.3. The van der Waals surface area contributed by atoms with Crippen molar-refractivity contribution in [3.05, 3.63) is 187 Å². The molecular weight excluding hydrogens is 1360 g/mol. The molecule has 0 aromatic carbocycles. The number of aryl methyl sites for hydroxylation is 6. The molecule has 16 bridgehead atoms. The minimum Gasteiger partial charge on any atom is -0.481 e. The van der Waals surface area contributed by atoms with Crippen molar-refractivity contribution < 1.29 is 78.4 Å². The number of allylic oxidation sites excluding steroid dienone is 10. The van der Waals surface area contributed by atoms with E-state index >= 15 is 0 Å². The number of rotatable bonds is 18. The van der Waals surface area contributed by atoms with Crippen LogP contribution in [-0.4, -0.2) is 140 Å². The molecule has 12 rings (SSSR count). The van der Waals surface area contributed by atoms with Crippen molar-refractivity contribution in [3.8, 4) is 0 Å². The van der Waals surface area contributed by atoms with Gasteiger partial charge in [-0.15, -0.1) is 0 Å². The number of carboxylic acid groups (broad SMARTS) is 2. The van der Waals surface area contributed by atoms with E-state index in [-0.39, 0.29) is 70.5 Å². The van der Waals surface area contributed by atoms with Gasteiger partial charge in [0.1, 0.15) is 11.8 Å². The third-order valence-electron chi connectivity index (χ3n) is 21.4. The number of carbonyl (C=O) groups excluding carboxylic acids is 6. The largest absolute Gasteiger partial charge is 0.481 e. The van der Waals surface area contributed by atoms with Gasteiger partial charge < -0.3 is 58.6 Å². The smallest absolute Gasteiger partial charge is 0.334 e. The number of nitrogens with one attached hydrogen (secondary N) is 4. The maximum Gasteiger partial charge on any atom is 0.334 e.